The van der Waals surface area contributed by atoms with Crippen molar-refractivity contribution in [3.63, 3.8) is 0 Å². The Bertz CT molecular complexity index is 110. The molecule has 0 aliphatic carbocycles. The molecule has 3 nitrogen and oxygen atoms in total. The van der Waals surface area contributed by atoms with Crippen molar-refractivity contribution in [2.24, 2.45) is 0 Å². The lowest BCUT2D eigenvalue weighted by atomic mass is 10.6. The zero-order valence-corrected chi connectivity index (χ0v) is 7.01. The highest BCUT2D eigenvalue weighted by Crippen LogP contribution is 2.10. The first-order valence-electron chi connectivity index (χ1n) is 2.70. The van der Waals surface area contributed by atoms with E-state index in [9.17, 15) is 0 Å². The zero-order chi connectivity index (χ0) is 7.98. The van der Waals surface area contributed by atoms with E-state index in [1.807, 2.05) is 0 Å². The van der Waals surface area contributed by atoms with E-state index in [-0.39, 0.29) is 0 Å². The van der Waals surface area contributed by atoms with E-state index in [4.69, 9.17) is 21.1 Å². The molecule has 0 aromatic heterocycles. The molecule has 10 heavy (non-hydrogen) atoms. The summed E-state index contributed by atoms with van der Waals surface area (Å²) in [4.78, 5) is 0. The molecule has 0 fully saturated rings. The SMILES string of the molecule is COC=C(Cl)C(OC)OC. The second-order valence-electron chi connectivity index (χ2n) is 1.54. The Morgan fingerprint density at radius 1 is 1.30 bits per heavy atom. The van der Waals surface area contributed by atoms with Crippen LogP contribution in [-0.2, 0) is 14.2 Å². The van der Waals surface area contributed by atoms with Gasteiger partial charge in [0.1, 0.15) is 11.3 Å². The number of ether oxygens (including phenoxy) is 3. The number of halogens is 1. The van der Waals surface area contributed by atoms with Gasteiger partial charge >= 0.3 is 0 Å². The lowest BCUT2D eigenvalue weighted by Crippen LogP contribution is -2.12. The Morgan fingerprint density at radius 3 is 2.10 bits per heavy atom. The maximum atomic E-state index is 5.63. The third kappa shape index (κ3) is 3.06. The van der Waals surface area contributed by atoms with Crippen LogP contribution in [0.5, 0.6) is 0 Å². The molecule has 0 saturated heterocycles. The van der Waals surface area contributed by atoms with E-state index in [0.717, 1.165) is 0 Å². The molecule has 0 aliphatic rings. The second kappa shape index (κ2) is 5.53. The maximum absolute atomic E-state index is 5.63. The molecule has 0 amide bonds. The van der Waals surface area contributed by atoms with Crippen molar-refractivity contribution in [1.29, 1.82) is 0 Å². The monoisotopic (exact) mass is 166 g/mol. The van der Waals surface area contributed by atoms with Crippen molar-refractivity contribution in [1.82, 2.24) is 0 Å². The van der Waals surface area contributed by atoms with Crippen LogP contribution in [0.15, 0.2) is 11.3 Å². The molecule has 0 atom stereocenters. The van der Waals surface area contributed by atoms with Crippen molar-refractivity contribution in [2.75, 3.05) is 21.3 Å². The van der Waals surface area contributed by atoms with Crippen LogP contribution in [0, 0.1) is 0 Å². The highest BCUT2D eigenvalue weighted by molar-refractivity contribution is 6.29. The van der Waals surface area contributed by atoms with Gasteiger partial charge in [-0.1, -0.05) is 11.6 Å². The van der Waals surface area contributed by atoms with Crippen molar-refractivity contribution in [3.05, 3.63) is 11.3 Å². The quantitative estimate of drug-likeness (QED) is 0.466. The topological polar surface area (TPSA) is 27.7 Å². The molecule has 0 rings (SSSR count). The summed E-state index contributed by atoms with van der Waals surface area (Å²) in [5.74, 6) is 0. The smallest absolute Gasteiger partial charge is 0.196 e. The fourth-order valence-electron chi connectivity index (χ4n) is 0.490. The van der Waals surface area contributed by atoms with Crippen LogP contribution in [0.4, 0.5) is 0 Å². The molecule has 0 N–H and O–H groups in total. The molecule has 4 heteroatoms. The minimum absolute atomic E-state index is 0.382. The summed E-state index contributed by atoms with van der Waals surface area (Å²) < 4.78 is 14.3. The molecule has 0 saturated carbocycles. The second-order valence-corrected chi connectivity index (χ2v) is 1.98. The first-order valence-corrected chi connectivity index (χ1v) is 3.08. The van der Waals surface area contributed by atoms with Crippen LogP contribution in [0.3, 0.4) is 0 Å². The summed E-state index contributed by atoms with van der Waals surface area (Å²) in [6, 6.07) is 0. The van der Waals surface area contributed by atoms with Gasteiger partial charge < -0.3 is 14.2 Å². The molecule has 0 spiro atoms. The number of rotatable bonds is 4. The maximum Gasteiger partial charge on any atom is 0.196 e. The summed E-state index contributed by atoms with van der Waals surface area (Å²) in [5, 5.41) is 0.382. The molecular formula is C6H11ClO3. The van der Waals surface area contributed by atoms with E-state index in [2.05, 4.69) is 4.74 Å². The lowest BCUT2D eigenvalue weighted by Gasteiger charge is -2.10. The van der Waals surface area contributed by atoms with E-state index < -0.39 is 6.29 Å². The molecular weight excluding hydrogens is 156 g/mol. The fraction of sp³-hybridized carbons (Fsp3) is 0.667. The van der Waals surface area contributed by atoms with Gasteiger partial charge in [0, 0.05) is 14.2 Å². The minimum atomic E-state index is -0.526. The number of hydrogen-bond donors (Lipinski definition) is 0. The molecule has 0 bridgehead atoms. The molecule has 0 radical (unpaired) electrons. The summed E-state index contributed by atoms with van der Waals surface area (Å²) in [6.45, 7) is 0. The van der Waals surface area contributed by atoms with E-state index >= 15 is 0 Å². The van der Waals surface area contributed by atoms with E-state index in [0.29, 0.717) is 5.03 Å². The summed E-state index contributed by atoms with van der Waals surface area (Å²) >= 11 is 5.63. The van der Waals surface area contributed by atoms with Crippen LogP contribution >= 0.6 is 11.6 Å². The lowest BCUT2D eigenvalue weighted by molar-refractivity contribution is -0.0711. The molecule has 60 valence electrons. The third-order valence-electron chi connectivity index (χ3n) is 0.884. The number of hydrogen-bond acceptors (Lipinski definition) is 3. The van der Waals surface area contributed by atoms with Crippen molar-refractivity contribution in [3.8, 4) is 0 Å². The molecule has 0 aliphatic heterocycles. The fourth-order valence-corrected chi connectivity index (χ4v) is 0.757. The standard InChI is InChI=1S/C6H11ClO3/c1-8-4-5(7)6(9-2)10-3/h4,6H,1-3H3. The van der Waals surface area contributed by atoms with Gasteiger partial charge in [-0.15, -0.1) is 0 Å². The van der Waals surface area contributed by atoms with Gasteiger partial charge in [-0.3, -0.25) is 0 Å². The van der Waals surface area contributed by atoms with Gasteiger partial charge in [0.05, 0.1) is 7.11 Å². The highest BCUT2D eigenvalue weighted by atomic mass is 35.5. The van der Waals surface area contributed by atoms with Crippen LogP contribution in [-0.4, -0.2) is 27.6 Å². The summed E-state index contributed by atoms with van der Waals surface area (Å²) in [6.07, 6.45) is 0.834. The van der Waals surface area contributed by atoms with Crippen LogP contribution in [0.25, 0.3) is 0 Å². The van der Waals surface area contributed by atoms with E-state index in [1.54, 1.807) is 0 Å². The molecule has 0 aromatic carbocycles. The first kappa shape index (κ1) is 9.75. The minimum Gasteiger partial charge on any atom is -0.503 e. The Balaban J connectivity index is 3.87. The van der Waals surface area contributed by atoms with Gasteiger partial charge in [0.25, 0.3) is 0 Å². The Morgan fingerprint density at radius 2 is 1.80 bits per heavy atom. The molecule has 0 aromatic rings. The van der Waals surface area contributed by atoms with Gasteiger partial charge in [0.2, 0.25) is 0 Å². The van der Waals surface area contributed by atoms with Gasteiger partial charge in [-0.2, -0.15) is 0 Å². The number of methoxy groups -OCH3 is 3. The van der Waals surface area contributed by atoms with Crippen molar-refractivity contribution in [2.45, 2.75) is 6.29 Å². The van der Waals surface area contributed by atoms with Crippen LogP contribution < -0.4 is 0 Å². The van der Waals surface area contributed by atoms with Crippen LogP contribution in [0.1, 0.15) is 0 Å². The van der Waals surface area contributed by atoms with E-state index in [1.165, 1.54) is 27.6 Å². The molecule has 0 unspecified atom stereocenters. The third-order valence-corrected chi connectivity index (χ3v) is 1.15. The largest absolute Gasteiger partial charge is 0.503 e. The average molecular weight is 167 g/mol. The molecule has 0 heterocycles. The Hall–Kier alpha value is -0.250. The zero-order valence-electron chi connectivity index (χ0n) is 6.26. The predicted octanol–water partition coefficient (Wildman–Crippen LogP) is 1.33. The average Bonchev–Trinajstić information content (AvgIpc) is 1.91. The highest BCUT2D eigenvalue weighted by Gasteiger charge is 2.08. The predicted molar refractivity (Wildman–Crippen MR) is 38.8 cm³/mol. The summed E-state index contributed by atoms with van der Waals surface area (Å²) in [5.41, 5.74) is 0. The first-order chi connectivity index (χ1) is 4.76. The van der Waals surface area contributed by atoms with Gasteiger partial charge in [0.15, 0.2) is 6.29 Å². The van der Waals surface area contributed by atoms with Crippen LogP contribution in [0.2, 0.25) is 0 Å². The van der Waals surface area contributed by atoms with Crippen molar-refractivity contribution >= 4 is 11.6 Å². The van der Waals surface area contributed by atoms with Crippen molar-refractivity contribution < 1.29 is 14.2 Å². The summed E-state index contributed by atoms with van der Waals surface area (Å²) in [7, 11) is 4.50. The van der Waals surface area contributed by atoms with Gasteiger partial charge in [-0.25, -0.2) is 0 Å². The Labute approximate surface area is 65.5 Å². The normalized spacial score (nSPS) is 12.3. The van der Waals surface area contributed by atoms with Gasteiger partial charge in [-0.05, 0) is 0 Å². The Kier molecular flexibility index (Phi) is 5.39.